The van der Waals surface area contributed by atoms with E-state index in [9.17, 15) is 17.6 Å². The van der Waals surface area contributed by atoms with Crippen LogP contribution in [0.25, 0.3) is 0 Å². The van der Waals surface area contributed by atoms with Crippen molar-refractivity contribution in [3.63, 3.8) is 0 Å². The zero-order valence-corrected chi connectivity index (χ0v) is 19.4. The maximum atomic E-state index is 14.6. The van der Waals surface area contributed by atoms with Crippen molar-refractivity contribution in [1.82, 2.24) is 14.6 Å². The van der Waals surface area contributed by atoms with E-state index in [1.807, 2.05) is 0 Å². The van der Waals surface area contributed by atoms with Gasteiger partial charge in [-0.15, -0.1) is 0 Å². The van der Waals surface area contributed by atoms with Crippen molar-refractivity contribution in [1.29, 1.82) is 0 Å². The summed E-state index contributed by atoms with van der Waals surface area (Å²) in [5, 5.41) is 0.685. The number of halogens is 3. The minimum Gasteiger partial charge on any atom is -0.328 e. The van der Waals surface area contributed by atoms with E-state index in [4.69, 9.17) is 23.2 Å². The van der Waals surface area contributed by atoms with Gasteiger partial charge in [0.2, 0.25) is 10.0 Å². The van der Waals surface area contributed by atoms with Gasteiger partial charge in [0.05, 0.1) is 32.7 Å². The summed E-state index contributed by atoms with van der Waals surface area (Å²) in [6.45, 7) is 1.94. The van der Waals surface area contributed by atoms with Crippen LogP contribution in [-0.4, -0.2) is 30.8 Å². The Morgan fingerprint density at radius 1 is 1.06 bits per heavy atom. The van der Waals surface area contributed by atoms with Gasteiger partial charge in [0.15, 0.2) is 0 Å². The summed E-state index contributed by atoms with van der Waals surface area (Å²) < 4.78 is 41.7. The maximum Gasteiger partial charge on any atom is 0.257 e. The number of hydrogen-bond donors (Lipinski definition) is 1. The zero-order valence-electron chi connectivity index (χ0n) is 17.1. The minimum atomic E-state index is -3.87. The predicted molar refractivity (Wildman–Crippen MR) is 122 cm³/mol. The molecular formula is C22H20Cl2FN3O3S. The summed E-state index contributed by atoms with van der Waals surface area (Å²) in [5.74, 6) is -1.52. The number of carbonyl (C=O) groups is 1. The summed E-state index contributed by atoms with van der Waals surface area (Å²) in [6.07, 6.45) is 1.58. The van der Waals surface area contributed by atoms with Crippen LogP contribution in [0.1, 0.15) is 28.5 Å². The van der Waals surface area contributed by atoms with Crippen LogP contribution in [0, 0.1) is 5.82 Å². The largest absolute Gasteiger partial charge is 0.328 e. The van der Waals surface area contributed by atoms with Crippen LogP contribution in [0.5, 0.6) is 0 Å². The lowest BCUT2D eigenvalue weighted by molar-refractivity contribution is 0.0722. The van der Waals surface area contributed by atoms with Crippen LogP contribution >= 0.6 is 23.2 Å². The molecule has 3 aromatic rings. The molecule has 0 fully saturated rings. The van der Waals surface area contributed by atoms with Crippen molar-refractivity contribution in [3.8, 4) is 0 Å². The van der Waals surface area contributed by atoms with Crippen molar-refractivity contribution >= 4 is 39.1 Å². The molecule has 1 amide bonds. The van der Waals surface area contributed by atoms with Crippen LogP contribution < -0.4 is 4.72 Å². The third-order valence-electron chi connectivity index (χ3n) is 4.54. The molecule has 0 aliphatic rings. The first-order valence-corrected chi connectivity index (χ1v) is 11.9. The summed E-state index contributed by atoms with van der Waals surface area (Å²) in [6, 6.07) is 13.3. The van der Waals surface area contributed by atoms with E-state index in [0.29, 0.717) is 21.3 Å². The molecule has 1 aromatic heterocycles. The Bertz CT molecular complexity index is 1220. The molecule has 6 nitrogen and oxygen atoms in total. The fourth-order valence-electron chi connectivity index (χ4n) is 3.02. The average molecular weight is 496 g/mol. The number of nitrogens with one attached hydrogen (secondary N) is 1. The highest BCUT2D eigenvalue weighted by Crippen LogP contribution is 2.25. The molecule has 0 aliphatic carbocycles. The van der Waals surface area contributed by atoms with E-state index in [-0.39, 0.29) is 30.1 Å². The topological polar surface area (TPSA) is 79.4 Å². The second-order valence-corrected chi connectivity index (χ2v) is 9.46. The highest BCUT2D eigenvalue weighted by molar-refractivity contribution is 7.89. The molecule has 0 saturated carbocycles. The molecule has 0 atom stereocenters. The first-order chi connectivity index (χ1) is 15.2. The molecule has 0 spiro atoms. The molecule has 1 heterocycles. The van der Waals surface area contributed by atoms with Crippen molar-refractivity contribution in [2.24, 2.45) is 0 Å². The molecule has 1 N–H and O–H groups in total. The lowest BCUT2D eigenvalue weighted by Crippen LogP contribution is -2.31. The van der Waals surface area contributed by atoms with Gasteiger partial charge in [0.1, 0.15) is 5.82 Å². The molecule has 168 valence electrons. The van der Waals surface area contributed by atoms with Crippen LogP contribution in [0.2, 0.25) is 10.0 Å². The monoisotopic (exact) mass is 495 g/mol. The average Bonchev–Trinajstić information content (AvgIpc) is 2.76. The Morgan fingerprint density at radius 3 is 2.50 bits per heavy atom. The van der Waals surface area contributed by atoms with Crippen molar-refractivity contribution in [2.75, 3.05) is 6.54 Å². The third kappa shape index (κ3) is 5.83. The van der Waals surface area contributed by atoms with E-state index >= 15 is 0 Å². The van der Waals surface area contributed by atoms with Gasteiger partial charge in [-0.3, -0.25) is 9.78 Å². The number of rotatable bonds is 8. The lowest BCUT2D eigenvalue weighted by atomic mass is 10.1. The van der Waals surface area contributed by atoms with Gasteiger partial charge in [-0.1, -0.05) is 42.3 Å². The summed E-state index contributed by atoms with van der Waals surface area (Å²) in [5.41, 5.74) is 0.887. The predicted octanol–water partition coefficient (Wildman–Crippen LogP) is 4.67. The SMILES string of the molecule is CCNS(=O)(=O)c1ccc(F)c(C(=O)N(Cc2ccc(Cl)c(Cl)c2)Cc2ccccn2)c1. The highest BCUT2D eigenvalue weighted by Gasteiger charge is 2.24. The Labute approximate surface area is 196 Å². The first-order valence-electron chi connectivity index (χ1n) is 9.63. The van der Waals surface area contributed by atoms with E-state index in [1.165, 1.54) is 4.90 Å². The number of benzene rings is 2. The fraction of sp³-hybridized carbons (Fsp3) is 0.182. The molecule has 0 unspecified atom stereocenters. The van der Waals surface area contributed by atoms with Crippen LogP contribution in [-0.2, 0) is 23.1 Å². The van der Waals surface area contributed by atoms with Crippen LogP contribution in [0.4, 0.5) is 4.39 Å². The molecule has 10 heteroatoms. The van der Waals surface area contributed by atoms with E-state index < -0.39 is 21.7 Å². The zero-order chi connectivity index (χ0) is 23.3. The summed E-state index contributed by atoms with van der Waals surface area (Å²) in [4.78, 5) is 18.7. The van der Waals surface area contributed by atoms with Gasteiger partial charge < -0.3 is 4.90 Å². The second-order valence-electron chi connectivity index (χ2n) is 6.87. The minimum absolute atomic E-state index is 0.0730. The normalized spacial score (nSPS) is 11.4. The van der Waals surface area contributed by atoms with E-state index in [0.717, 1.165) is 18.2 Å². The smallest absolute Gasteiger partial charge is 0.257 e. The van der Waals surface area contributed by atoms with E-state index in [2.05, 4.69) is 9.71 Å². The Hall–Kier alpha value is -2.52. The molecule has 2 aromatic carbocycles. The molecule has 0 saturated heterocycles. The van der Waals surface area contributed by atoms with Crippen molar-refractivity contribution in [3.05, 3.63) is 93.5 Å². The third-order valence-corrected chi connectivity index (χ3v) is 6.82. The van der Waals surface area contributed by atoms with Crippen molar-refractivity contribution in [2.45, 2.75) is 24.9 Å². The number of hydrogen-bond acceptors (Lipinski definition) is 4. The van der Waals surface area contributed by atoms with Gasteiger partial charge in [0, 0.05) is 19.3 Å². The van der Waals surface area contributed by atoms with E-state index in [1.54, 1.807) is 49.5 Å². The molecule has 0 aliphatic heterocycles. The Balaban J connectivity index is 2.00. The molecule has 0 radical (unpaired) electrons. The standard InChI is InChI=1S/C22H20Cl2FN3O3S/c1-2-27-32(30,31)17-7-9-21(25)18(12-17)22(29)28(14-16-5-3-4-10-26-16)13-15-6-8-19(23)20(24)11-15/h3-12,27H,2,13-14H2,1H3. The second kappa shape index (κ2) is 10.4. The van der Waals surface area contributed by atoms with Crippen molar-refractivity contribution < 1.29 is 17.6 Å². The lowest BCUT2D eigenvalue weighted by Gasteiger charge is -2.23. The summed E-state index contributed by atoms with van der Waals surface area (Å²) >= 11 is 12.1. The first kappa shape index (κ1) is 24.1. The molecule has 3 rings (SSSR count). The molecule has 32 heavy (non-hydrogen) atoms. The Morgan fingerprint density at radius 2 is 1.84 bits per heavy atom. The number of aromatic nitrogens is 1. The van der Waals surface area contributed by atoms with Gasteiger partial charge in [-0.25, -0.2) is 17.5 Å². The molecular weight excluding hydrogens is 476 g/mol. The number of pyridine rings is 1. The Kier molecular flexibility index (Phi) is 7.84. The van der Waals surface area contributed by atoms with Crippen LogP contribution in [0.3, 0.4) is 0 Å². The number of carbonyl (C=O) groups excluding carboxylic acids is 1. The number of sulfonamides is 1. The number of nitrogens with zero attached hydrogens (tertiary/aromatic N) is 2. The maximum absolute atomic E-state index is 14.6. The van der Waals surface area contributed by atoms with Gasteiger partial charge in [-0.05, 0) is 48.0 Å². The van der Waals surface area contributed by atoms with Gasteiger partial charge in [-0.2, -0.15) is 0 Å². The van der Waals surface area contributed by atoms with Crippen LogP contribution in [0.15, 0.2) is 65.7 Å². The quantitative estimate of drug-likeness (QED) is 0.492. The van der Waals surface area contributed by atoms with Gasteiger partial charge in [0.25, 0.3) is 5.91 Å². The highest BCUT2D eigenvalue weighted by atomic mass is 35.5. The molecule has 0 bridgehead atoms. The summed E-state index contributed by atoms with van der Waals surface area (Å²) in [7, 11) is -3.87. The number of amides is 1. The fourth-order valence-corrected chi connectivity index (χ4v) is 4.41. The van der Waals surface area contributed by atoms with Gasteiger partial charge >= 0.3 is 0 Å².